The third-order valence-corrected chi connectivity index (χ3v) is 2.81. The van der Waals surface area contributed by atoms with Crippen molar-refractivity contribution in [2.75, 3.05) is 24.9 Å². The Bertz CT molecular complexity index is 608. The van der Waals surface area contributed by atoms with Gasteiger partial charge >= 0.3 is 12.2 Å². The number of hydrogen-bond acceptors (Lipinski definition) is 5. The van der Waals surface area contributed by atoms with Crippen LogP contribution in [0.5, 0.6) is 11.5 Å². The molecule has 0 aliphatic rings. The maximum absolute atomic E-state index is 11.1. The van der Waals surface area contributed by atoms with Crippen molar-refractivity contribution < 1.29 is 23.8 Å². The molecule has 2 N–H and O–H groups in total. The number of ether oxygens (including phenoxy) is 3. The van der Waals surface area contributed by atoms with Crippen LogP contribution in [-0.4, -0.2) is 26.4 Å². The monoisotopic (exact) mass is 316 g/mol. The standard InChI is InChI=1S/C16H16N2O5/c1-21-15(19)17-11-3-7-13(8-4-11)23-14-9-5-12(6-10-14)18-16(20)22-2/h3-10H,1-2H3,(H,17,19)(H,18,20). The molecule has 0 aliphatic heterocycles. The van der Waals surface area contributed by atoms with Crippen molar-refractivity contribution in [1.29, 1.82) is 0 Å². The first-order valence-corrected chi connectivity index (χ1v) is 6.68. The van der Waals surface area contributed by atoms with E-state index in [2.05, 4.69) is 20.1 Å². The van der Waals surface area contributed by atoms with Gasteiger partial charge in [0.05, 0.1) is 14.2 Å². The molecule has 0 atom stereocenters. The molecule has 0 saturated heterocycles. The van der Waals surface area contributed by atoms with Gasteiger partial charge in [0.2, 0.25) is 0 Å². The highest BCUT2D eigenvalue weighted by Crippen LogP contribution is 2.24. The summed E-state index contributed by atoms with van der Waals surface area (Å²) in [6.45, 7) is 0. The van der Waals surface area contributed by atoms with Gasteiger partial charge in [-0.25, -0.2) is 9.59 Å². The largest absolute Gasteiger partial charge is 0.457 e. The summed E-state index contributed by atoms with van der Waals surface area (Å²) in [5, 5.41) is 5.09. The van der Waals surface area contributed by atoms with Crippen molar-refractivity contribution in [3.05, 3.63) is 48.5 Å². The molecule has 0 spiro atoms. The molecule has 7 heteroatoms. The highest BCUT2D eigenvalue weighted by molar-refractivity contribution is 5.85. The fourth-order valence-electron chi connectivity index (χ4n) is 1.69. The van der Waals surface area contributed by atoms with Crippen LogP contribution < -0.4 is 15.4 Å². The number of nitrogens with one attached hydrogen (secondary N) is 2. The molecule has 120 valence electrons. The number of methoxy groups -OCH3 is 2. The SMILES string of the molecule is COC(=O)Nc1ccc(Oc2ccc(NC(=O)OC)cc2)cc1. The molecule has 23 heavy (non-hydrogen) atoms. The van der Waals surface area contributed by atoms with Crippen LogP contribution in [0.2, 0.25) is 0 Å². The molecule has 2 aromatic rings. The lowest BCUT2D eigenvalue weighted by molar-refractivity contribution is 0.186. The Morgan fingerprint density at radius 1 is 0.696 bits per heavy atom. The summed E-state index contributed by atoms with van der Waals surface area (Å²) in [7, 11) is 2.59. The Balaban J connectivity index is 1.96. The quantitative estimate of drug-likeness (QED) is 0.895. The molecule has 0 bridgehead atoms. The smallest absolute Gasteiger partial charge is 0.411 e. The fourth-order valence-corrected chi connectivity index (χ4v) is 1.69. The first-order valence-electron chi connectivity index (χ1n) is 6.68. The summed E-state index contributed by atoms with van der Waals surface area (Å²) >= 11 is 0. The third-order valence-electron chi connectivity index (χ3n) is 2.81. The van der Waals surface area contributed by atoms with E-state index in [0.29, 0.717) is 22.9 Å². The normalized spacial score (nSPS) is 9.65. The van der Waals surface area contributed by atoms with E-state index in [1.54, 1.807) is 48.5 Å². The maximum Gasteiger partial charge on any atom is 0.411 e. The highest BCUT2D eigenvalue weighted by atomic mass is 16.5. The summed E-state index contributed by atoms with van der Waals surface area (Å²) < 4.78 is 14.7. The van der Waals surface area contributed by atoms with Gasteiger partial charge in [-0.05, 0) is 48.5 Å². The van der Waals surface area contributed by atoms with E-state index >= 15 is 0 Å². The predicted octanol–water partition coefficient (Wildman–Crippen LogP) is 3.84. The van der Waals surface area contributed by atoms with Gasteiger partial charge in [0.25, 0.3) is 0 Å². The van der Waals surface area contributed by atoms with Gasteiger partial charge < -0.3 is 14.2 Å². The summed E-state index contributed by atoms with van der Waals surface area (Å²) in [5.41, 5.74) is 1.20. The van der Waals surface area contributed by atoms with Crippen LogP contribution >= 0.6 is 0 Å². The molecular formula is C16H16N2O5. The molecule has 7 nitrogen and oxygen atoms in total. The van der Waals surface area contributed by atoms with Gasteiger partial charge in [-0.1, -0.05) is 0 Å². The summed E-state index contributed by atoms with van der Waals surface area (Å²) in [5.74, 6) is 1.21. The molecule has 2 amide bonds. The molecule has 0 aliphatic carbocycles. The van der Waals surface area contributed by atoms with Crippen molar-refractivity contribution in [2.24, 2.45) is 0 Å². The lowest BCUT2D eigenvalue weighted by atomic mass is 10.3. The molecule has 2 aromatic carbocycles. The summed E-state index contributed by atoms with van der Waals surface area (Å²) in [6.07, 6.45) is -1.07. The minimum absolute atomic E-state index is 0.535. The van der Waals surface area contributed by atoms with Crippen LogP contribution in [-0.2, 0) is 9.47 Å². The van der Waals surface area contributed by atoms with Gasteiger partial charge in [-0.3, -0.25) is 10.6 Å². The Hall–Kier alpha value is -3.22. The van der Waals surface area contributed by atoms with Crippen LogP contribution in [0.25, 0.3) is 0 Å². The van der Waals surface area contributed by atoms with E-state index in [9.17, 15) is 9.59 Å². The van der Waals surface area contributed by atoms with E-state index in [1.807, 2.05) is 0 Å². The van der Waals surface area contributed by atoms with E-state index in [-0.39, 0.29) is 0 Å². The van der Waals surface area contributed by atoms with E-state index in [1.165, 1.54) is 14.2 Å². The van der Waals surface area contributed by atoms with Crippen molar-refractivity contribution >= 4 is 23.6 Å². The van der Waals surface area contributed by atoms with Gasteiger partial charge in [-0.15, -0.1) is 0 Å². The van der Waals surface area contributed by atoms with Crippen molar-refractivity contribution in [3.63, 3.8) is 0 Å². The number of carbonyl (C=O) groups excluding carboxylic acids is 2. The minimum Gasteiger partial charge on any atom is -0.457 e. The van der Waals surface area contributed by atoms with Crippen LogP contribution in [0.15, 0.2) is 48.5 Å². The van der Waals surface area contributed by atoms with Crippen molar-refractivity contribution in [1.82, 2.24) is 0 Å². The van der Waals surface area contributed by atoms with Crippen LogP contribution in [0.1, 0.15) is 0 Å². The highest BCUT2D eigenvalue weighted by Gasteiger charge is 2.03. The first kappa shape index (κ1) is 16.2. The van der Waals surface area contributed by atoms with Gasteiger partial charge in [-0.2, -0.15) is 0 Å². The van der Waals surface area contributed by atoms with Crippen molar-refractivity contribution in [3.8, 4) is 11.5 Å². The number of benzene rings is 2. The Morgan fingerprint density at radius 2 is 1.04 bits per heavy atom. The molecule has 0 unspecified atom stereocenters. The van der Waals surface area contributed by atoms with Crippen LogP contribution in [0.4, 0.5) is 21.0 Å². The lowest BCUT2D eigenvalue weighted by Crippen LogP contribution is -2.10. The summed E-state index contributed by atoms with van der Waals surface area (Å²) in [4.78, 5) is 22.2. The predicted molar refractivity (Wildman–Crippen MR) is 85.0 cm³/mol. The Morgan fingerprint density at radius 3 is 1.35 bits per heavy atom. The third kappa shape index (κ3) is 4.92. The second-order valence-electron chi connectivity index (χ2n) is 4.38. The lowest BCUT2D eigenvalue weighted by Gasteiger charge is -2.08. The van der Waals surface area contributed by atoms with Gasteiger partial charge in [0.15, 0.2) is 0 Å². The molecule has 0 fully saturated rings. The fraction of sp³-hybridized carbons (Fsp3) is 0.125. The van der Waals surface area contributed by atoms with Gasteiger partial charge in [0, 0.05) is 11.4 Å². The zero-order valence-corrected chi connectivity index (χ0v) is 12.7. The van der Waals surface area contributed by atoms with Crippen LogP contribution in [0, 0.1) is 0 Å². The second-order valence-corrected chi connectivity index (χ2v) is 4.38. The minimum atomic E-state index is -0.535. The number of carbonyl (C=O) groups is 2. The number of hydrogen-bond donors (Lipinski definition) is 2. The van der Waals surface area contributed by atoms with Gasteiger partial charge in [0.1, 0.15) is 11.5 Å². The maximum atomic E-state index is 11.1. The first-order chi connectivity index (χ1) is 11.1. The molecule has 0 saturated carbocycles. The molecular weight excluding hydrogens is 300 g/mol. The second kappa shape index (κ2) is 7.69. The number of amides is 2. The molecule has 2 rings (SSSR count). The molecule has 0 aromatic heterocycles. The average molecular weight is 316 g/mol. The molecule has 0 radical (unpaired) electrons. The Labute approximate surface area is 133 Å². The van der Waals surface area contributed by atoms with E-state index in [4.69, 9.17) is 4.74 Å². The number of anilines is 2. The zero-order chi connectivity index (χ0) is 16.7. The van der Waals surface area contributed by atoms with Crippen molar-refractivity contribution in [2.45, 2.75) is 0 Å². The average Bonchev–Trinajstić information content (AvgIpc) is 2.58. The van der Waals surface area contributed by atoms with Crippen LogP contribution in [0.3, 0.4) is 0 Å². The number of rotatable bonds is 4. The topological polar surface area (TPSA) is 85.9 Å². The van der Waals surface area contributed by atoms with E-state index in [0.717, 1.165) is 0 Å². The molecule has 0 heterocycles. The summed E-state index contributed by atoms with van der Waals surface area (Å²) in [6, 6.07) is 13.6. The Kier molecular flexibility index (Phi) is 5.40. The zero-order valence-electron chi connectivity index (χ0n) is 12.7. The van der Waals surface area contributed by atoms with E-state index < -0.39 is 12.2 Å².